The second-order valence-corrected chi connectivity index (χ2v) is 5.21. The molecule has 2 aromatic carbocycles. The van der Waals surface area contributed by atoms with E-state index in [2.05, 4.69) is 21.4 Å². The van der Waals surface area contributed by atoms with E-state index in [0.29, 0.717) is 18.8 Å². The van der Waals surface area contributed by atoms with Gasteiger partial charge in [-0.05, 0) is 35.4 Å². The summed E-state index contributed by atoms with van der Waals surface area (Å²) >= 11 is 3.39. The van der Waals surface area contributed by atoms with Gasteiger partial charge in [0.05, 0.1) is 13.2 Å². The summed E-state index contributed by atoms with van der Waals surface area (Å²) in [7, 11) is 0. The van der Waals surface area contributed by atoms with Crippen molar-refractivity contribution in [2.45, 2.75) is 13.2 Å². The molecular weight excluding hydrogens is 320 g/mol. The Bertz CT molecular complexity index is 585. The van der Waals surface area contributed by atoms with Crippen molar-refractivity contribution in [3.63, 3.8) is 0 Å². The van der Waals surface area contributed by atoms with E-state index in [1.165, 1.54) is 0 Å². The first kappa shape index (κ1) is 14.7. The van der Waals surface area contributed by atoms with Crippen molar-refractivity contribution < 1.29 is 9.53 Å². The molecule has 0 aliphatic rings. The van der Waals surface area contributed by atoms with Crippen LogP contribution in [0.2, 0.25) is 0 Å². The van der Waals surface area contributed by atoms with Gasteiger partial charge in [-0.2, -0.15) is 0 Å². The molecule has 2 rings (SSSR count). The van der Waals surface area contributed by atoms with E-state index < -0.39 is 0 Å². The highest BCUT2D eigenvalue weighted by Crippen LogP contribution is 2.12. The Kier molecular flexibility index (Phi) is 5.29. The van der Waals surface area contributed by atoms with Crippen molar-refractivity contribution in [3.05, 3.63) is 69.7 Å². The number of ether oxygens (including phenoxy) is 1. The maximum atomic E-state index is 11.4. The topological polar surface area (TPSA) is 64.3 Å². The molecule has 0 radical (unpaired) electrons. The molecule has 0 atom stereocenters. The number of halogens is 1. The van der Waals surface area contributed by atoms with Gasteiger partial charge in [0.2, 0.25) is 0 Å². The molecule has 20 heavy (non-hydrogen) atoms. The van der Waals surface area contributed by atoms with Crippen LogP contribution < -0.4 is 11.3 Å². The lowest BCUT2D eigenvalue weighted by atomic mass is 10.1. The van der Waals surface area contributed by atoms with Crippen molar-refractivity contribution in [1.29, 1.82) is 0 Å². The van der Waals surface area contributed by atoms with Crippen molar-refractivity contribution in [2.24, 2.45) is 5.84 Å². The normalized spacial score (nSPS) is 10.3. The molecule has 0 aliphatic heterocycles. The molecule has 0 aromatic heterocycles. The zero-order chi connectivity index (χ0) is 14.4. The Morgan fingerprint density at radius 3 is 2.50 bits per heavy atom. The van der Waals surface area contributed by atoms with Gasteiger partial charge in [0.15, 0.2) is 0 Å². The molecule has 104 valence electrons. The minimum Gasteiger partial charge on any atom is -0.372 e. The number of carbonyl (C=O) groups is 1. The van der Waals surface area contributed by atoms with Gasteiger partial charge in [-0.15, -0.1) is 0 Å². The molecule has 0 bridgehead atoms. The van der Waals surface area contributed by atoms with Crippen LogP contribution in [0.5, 0.6) is 0 Å². The number of hydrazine groups is 1. The van der Waals surface area contributed by atoms with Crippen LogP contribution in [0.3, 0.4) is 0 Å². The highest BCUT2D eigenvalue weighted by Gasteiger charge is 2.04. The molecule has 4 nitrogen and oxygen atoms in total. The molecule has 1 amide bonds. The maximum absolute atomic E-state index is 11.4. The molecule has 5 heteroatoms. The van der Waals surface area contributed by atoms with Crippen LogP contribution in [0, 0.1) is 0 Å². The minimum atomic E-state index is -0.306. The van der Waals surface area contributed by atoms with E-state index in [0.717, 1.165) is 15.6 Å². The first-order valence-electron chi connectivity index (χ1n) is 6.11. The first-order chi connectivity index (χ1) is 9.69. The van der Waals surface area contributed by atoms with Crippen LogP contribution >= 0.6 is 15.9 Å². The maximum Gasteiger partial charge on any atom is 0.265 e. The Hall–Kier alpha value is -1.69. The average Bonchev–Trinajstić information content (AvgIpc) is 2.49. The van der Waals surface area contributed by atoms with E-state index >= 15 is 0 Å². The van der Waals surface area contributed by atoms with E-state index in [-0.39, 0.29) is 5.91 Å². The monoisotopic (exact) mass is 334 g/mol. The molecule has 0 unspecified atom stereocenters. The summed E-state index contributed by atoms with van der Waals surface area (Å²) < 4.78 is 6.68. The smallest absolute Gasteiger partial charge is 0.265 e. The zero-order valence-corrected chi connectivity index (χ0v) is 12.4. The molecule has 0 saturated heterocycles. The SMILES string of the molecule is NNC(=O)c1cccc(COCc2ccc(Br)cc2)c1. The number of hydrogen-bond acceptors (Lipinski definition) is 3. The van der Waals surface area contributed by atoms with Crippen molar-refractivity contribution >= 4 is 21.8 Å². The molecule has 0 spiro atoms. The fourth-order valence-corrected chi connectivity index (χ4v) is 2.02. The lowest BCUT2D eigenvalue weighted by Gasteiger charge is -2.06. The molecule has 0 heterocycles. The summed E-state index contributed by atoms with van der Waals surface area (Å²) in [5.74, 6) is 4.80. The van der Waals surface area contributed by atoms with E-state index in [4.69, 9.17) is 10.6 Å². The molecule has 3 N–H and O–H groups in total. The van der Waals surface area contributed by atoms with Crippen molar-refractivity contribution in [1.82, 2.24) is 5.43 Å². The third-order valence-corrected chi connectivity index (χ3v) is 3.30. The summed E-state index contributed by atoms with van der Waals surface area (Å²) in [6.07, 6.45) is 0. The summed E-state index contributed by atoms with van der Waals surface area (Å²) in [4.78, 5) is 11.4. The van der Waals surface area contributed by atoms with Crippen molar-refractivity contribution in [2.75, 3.05) is 0 Å². The number of nitrogen functional groups attached to an aromatic ring is 1. The molecule has 2 aromatic rings. The number of hydrogen-bond donors (Lipinski definition) is 2. The number of amides is 1. The lowest BCUT2D eigenvalue weighted by molar-refractivity contribution is 0.0951. The van der Waals surface area contributed by atoms with Gasteiger partial charge in [0, 0.05) is 10.0 Å². The quantitative estimate of drug-likeness (QED) is 0.502. The number of nitrogens with two attached hydrogens (primary N) is 1. The molecule has 0 saturated carbocycles. The largest absolute Gasteiger partial charge is 0.372 e. The second-order valence-electron chi connectivity index (χ2n) is 4.29. The predicted molar refractivity (Wildman–Crippen MR) is 80.7 cm³/mol. The Labute approximate surface area is 126 Å². The van der Waals surface area contributed by atoms with Crippen LogP contribution in [-0.4, -0.2) is 5.91 Å². The Morgan fingerprint density at radius 2 is 1.80 bits per heavy atom. The van der Waals surface area contributed by atoms with Gasteiger partial charge >= 0.3 is 0 Å². The van der Waals surface area contributed by atoms with Crippen LogP contribution in [0.1, 0.15) is 21.5 Å². The Morgan fingerprint density at radius 1 is 1.10 bits per heavy atom. The summed E-state index contributed by atoms with van der Waals surface area (Å²) in [6, 6.07) is 15.2. The van der Waals surface area contributed by atoms with Gasteiger partial charge < -0.3 is 4.74 Å². The third kappa shape index (κ3) is 4.16. The van der Waals surface area contributed by atoms with Crippen LogP contribution in [0.4, 0.5) is 0 Å². The number of nitrogens with one attached hydrogen (secondary N) is 1. The number of carbonyl (C=O) groups excluding carboxylic acids is 1. The number of benzene rings is 2. The van der Waals surface area contributed by atoms with E-state index in [9.17, 15) is 4.79 Å². The van der Waals surface area contributed by atoms with E-state index in [1.807, 2.05) is 36.4 Å². The highest BCUT2D eigenvalue weighted by atomic mass is 79.9. The molecular formula is C15H15BrN2O2. The van der Waals surface area contributed by atoms with Gasteiger partial charge in [-0.25, -0.2) is 5.84 Å². The summed E-state index contributed by atoms with van der Waals surface area (Å²) in [5, 5.41) is 0. The van der Waals surface area contributed by atoms with Crippen LogP contribution in [0.15, 0.2) is 53.0 Å². The predicted octanol–water partition coefficient (Wildman–Crippen LogP) is 2.77. The molecule has 0 fully saturated rings. The van der Waals surface area contributed by atoms with Gasteiger partial charge in [0.1, 0.15) is 0 Å². The number of rotatable bonds is 5. The fraction of sp³-hybridized carbons (Fsp3) is 0.133. The first-order valence-corrected chi connectivity index (χ1v) is 6.90. The Balaban J connectivity index is 1.91. The fourth-order valence-electron chi connectivity index (χ4n) is 1.75. The minimum absolute atomic E-state index is 0.306. The van der Waals surface area contributed by atoms with Crippen molar-refractivity contribution in [3.8, 4) is 0 Å². The van der Waals surface area contributed by atoms with Gasteiger partial charge in [-0.3, -0.25) is 10.2 Å². The highest BCUT2D eigenvalue weighted by molar-refractivity contribution is 9.10. The van der Waals surface area contributed by atoms with Crippen LogP contribution in [-0.2, 0) is 18.0 Å². The zero-order valence-electron chi connectivity index (χ0n) is 10.8. The third-order valence-electron chi connectivity index (χ3n) is 2.77. The standard InChI is InChI=1S/C15H15BrN2O2/c16-14-6-4-11(5-7-14)9-20-10-12-2-1-3-13(8-12)15(19)18-17/h1-8H,9-10,17H2,(H,18,19). The van der Waals surface area contributed by atoms with E-state index in [1.54, 1.807) is 12.1 Å². The van der Waals surface area contributed by atoms with Gasteiger partial charge in [-0.1, -0.05) is 40.2 Å². The van der Waals surface area contributed by atoms with Gasteiger partial charge in [0.25, 0.3) is 5.91 Å². The summed E-state index contributed by atoms with van der Waals surface area (Å²) in [5.41, 5.74) is 4.67. The van der Waals surface area contributed by atoms with Crippen LogP contribution in [0.25, 0.3) is 0 Å². The average molecular weight is 335 g/mol. The second kappa shape index (κ2) is 7.19. The lowest BCUT2D eigenvalue weighted by Crippen LogP contribution is -2.29. The molecule has 0 aliphatic carbocycles. The summed E-state index contributed by atoms with van der Waals surface area (Å²) in [6.45, 7) is 0.975.